The largest absolute Gasteiger partial charge is 0.479 e. The number of rotatable bonds is 15. The summed E-state index contributed by atoms with van der Waals surface area (Å²) in [6, 6.07) is 0. The minimum Gasteiger partial charge on any atom is -0.479 e. The molecule has 0 amide bonds. The average Bonchev–Trinajstić information content (AvgIpc) is 2.60. The number of carboxylic acid groups (broad SMARTS) is 1. The van der Waals surface area contributed by atoms with Gasteiger partial charge in [0.15, 0.2) is 5.60 Å². The number of hydrogen-bond acceptors (Lipinski definition) is 2. The van der Waals surface area contributed by atoms with Crippen molar-refractivity contribution in [2.75, 3.05) is 0 Å². The first-order chi connectivity index (χ1) is 12.1. The molecule has 1 aliphatic carbocycles. The van der Waals surface area contributed by atoms with Gasteiger partial charge in [-0.05, 0) is 18.4 Å². The third-order valence-corrected chi connectivity index (χ3v) is 5.28. The van der Waals surface area contributed by atoms with E-state index in [1.807, 2.05) is 6.08 Å². The highest BCUT2D eigenvalue weighted by molar-refractivity contribution is 5.82. The maximum absolute atomic E-state index is 11.3. The first-order valence-electron chi connectivity index (χ1n) is 10.4. The number of allylic oxidation sites excluding steroid dienone is 2. The Bertz CT molecular complexity index is 425. The van der Waals surface area contributed by atoms with Gasteiger partial charge in [0, 0.05) is 6.42 Å². The number of hydrogen-bond donors (Lipinski definition) is 2. The van der Waals surface area contributed by atoms with E-state index in [1.165, 1.54) is 70.6 Å². The van der Waals surface area contributed by atoms with Crippen molar-refractivity contribution in [2.45, 2.75) is 109 Å². The van der Waals surface area contributed by atoms with Crippen molar-refractivity contribution in [1.82, 2.24) is 0 Å². The Balaban J connectivity index is 1.97. The van der Waals surface area contributed by atoms with Gasteiger partial charge in [-0.15, -0.1) is 0 Å². The van der Waals surface area contributed by atoms with Crippen LogP contribution < -0.4 is 0 Å². The van der Waals surface area contributed by atoms with E-state index in [9.17, 15) is 15.0 Å². The fourth-order valence-electron chi connectivity index (χ4n) is 3.54. The lowest BCUT2D eigenvalue weighted by Gasteiger charge is -2.27. The van der Waals surface area contributed by atoms with Crippen LogP contribution in [0.4, 0.5) is 0 Å². The Morgan fingerprint density at radius 1 is 0.920 bits per heavy atom. The van der Waals surface area contributed by atoms with Crippen LogP contribution in [0.2, 0.25) is 0 Å². The normalized spacial score (nSPS) is 19.8. The molecular weight excluding hydrogens is 312 g/mol. The number of aliphatic hydroxyl groups is 1. The molecule has 0 fully saturated rings. The number of aliphatic carboxylic acids is 1. The molecule has 3 heteroatoms. The van der Waals surface area contributed by atoms with E-state index < -0.39 is 11.6 Å². The third kappa shape index (κ3) is 8.71. The van der Waals surface area contributed by atoms with Gasteiger partial charge >= 0.3 is 5.97 Å². The Kier molecular flexibility index (Phi) is 11.6. The van der Waals surface area contributed by atoms with Crippen molar-refractivity contribution < 1.29 is 15.0 Å². The fourth-order valence-corrected chi connectivity index (χ4v) is 3.54. The van der Waals surface area contributed by atoms with Crippen LogP contribution in [0, 0.1) is 0 Å². The first kappa shape index (κ1) is 22.0. The predicted octanol–water partition coefficient (Wildman–Crippen LogP) is 6.17. The van der Waals surface area contributed by atoms with Crippen molar-refractivity contribution in [1.29, 1.82) is 0 Å². The molecule has 3 nitrogen and oxygen atoms in total. The summed E-state index contributed by atoms with van der Waals surface area (Å²) in [6.45, 7) is 2.26. The molecule has 0 saturated carbocycles. The van der Waals surface area contributed by atoms with Gasteiger partial charge in [0.1, 0.15) is 0 Å². The Morgan fingerprint density at radius 3 is 1.88 bits per heavy atom. The Morgan fingerprint density at radius 2 is 1.40 bits per heavy atom. The van der Waals surface area contributed by atoms with E-state index in [4.69, 9.17) is 0 Å². The van der Waals surface area contributed by atoms with E-state index in [1.54, 1.807) is 12.2 Å². The van der Waals surface area contributed by atoms with E-state index in [0.717, 1.165) is 12.8 Å². The number of carbonyl (C=O) groups is 1. The minimum absolute atomic E-state index is 0.187. The molecule has 1 aliphatic rings. The maximum atomic E-state index is 11.3. The molecule has 0 aliphatic heterocycles. The van der Waals surface area contributed by atoms with Crippen LogP contribution in [0.1, 0.15) is 103 Å². The molecule has 0 radical (unpaired) electrons. The summed E-state index contributed by atoms with van der Waals surface area (Å²) in [7, 11) is 0. The van der Waals surface area contributed by atoms with Gasteiger partial charge in [-0.25, -0.2) is 4.79 Å². The molecule has 144 valence electrons. The van der Waals surface area contributed by atoms with Gasteiger partial charge in [-0.1, -0.05) is 102 Å². The van der Waals surface area contributed by atoms with Crippen LogP contribution in [0.25, 0.3) is 0 Å². The molecule has 0 spiro atoms. The lowest BCUT2D eigenvalue weighted by Crippen LogP contribution is -2.41. The summed E-state index contributed by atoms with van der Waals surface area (Å²) in [6.07, 6.45) is 23.1. The van der Waals surface area contributed by atoms with Crippen LogP contribution in [0.5, 0.6) is 0 Å². The Hall–Kier alpha value is -1.09. The van der Waals surface area contributed by atoms with Crippen molar-refractivity contribution in [3.8, 4) is 0 Å². The van der Waals surface area contributed by atoms with Crippen LogP contribution in [-0.2, 0) is 4.79 Å². The van der Waals surface area contributed by atoms with Gasteiger partial charge < -0.3 is 10.2 Å². The molecule has 25 heavy (non-hydrogen) atoms. The molecule has 1 rings (SSSR count). The molecular formula is C22H38O3. The fraction of sp³-hybridized carbons (Fsp3) is 0.773. The predicted molar refractivity (Wildman–Crippen MR) is 105 cm³/mol. The van der Waals surface area contributed by atoms with E-state index in [0.29, 0.717) is 12.0 Å². The van der Waals surface area contributed by atoms with Crippen molar-refractivity contribution in [2.24, 2.45) is 0 Å². The van der Waals surface area contributed by atoms with E-state index in [-0.39, 0.29) is 6.42 Å². The van der Waals surface area contributed by atoms with E-state index >= 15 is 0 Å². The second-order valence-electron chi connectivity index (χ2n) is 7.48. The highest BCUT2D eigenvalue weighted by Gasteiger charge is 2.39. The molecule has 0 saturated heterocycles. The monoisotopic (exact) mass is 350 g/mol. The summed E-state index contributed by atoms with van der Waals surface area (Å²) in [5, 5.41) is 19.5. The zero-order chi connectivity index (χ0) is 18.4. The minimum atomic E-state index is -1.67. The quantitative estimate of drug-likeness (QED) is 0.347. The number of carboxylic acids is 1. The molecule has 0 aromatic heterocycles. The van der Waals surface area contributed by atoms with Crippen LogP contribution >= 0.6 is 0 Å². The first-order valence-corrected chi connectivity index (χ1v) is 10.4. The second kappa shape index (κ2) is 13.2. The summed E-state index contributed by atoms with van der Waals surface area (Å²) in [5.74, 6) is -1.13. The van der Waals surface area contributed by atoms with Crippen LogP contribution in [0.15, 0.2) is 23.8 Å². The molecule has 2 N–H and O–H groups in total. The van der Waals surface area contributed by atoms with Gasteiger partial charge in [0.25, 0.3) is 0 Å². The average molecular weight is 351 g/mol. The summed E-state index contributed by atoms with van der Waals surface area (Å²) < 4.78 is 0. The molecule has 0 heterocycles. The van der Waals surface area contributed by atoms with Gasteiger partial charge in [0.2, 0.25) is 0 Å². The molecule has 0 aromatic rings. The lowest BCUT2D eigenvalue weighted by molar-refractivity contribution is -0.154. The topological polar surface area (TPSA) is 57.5 Å². The highest BCUT2D eigenvalue weighted by Crippen LogP contribution is 2.30. The lowest BCUT2D eigenvalue weighted by atomic mass is 9.83. The van der Waals surface area contributed by atoms with Crippen molar-refractivity contribution >= 4 is 5.97 Å². The molecule has 0 aromatic carbocycles. The van der Waals surface area contributed by atoms with Crippen molar-refractivity contribution in [3.05, 3.63) is 23.8 Å². The smallest absolute Gasteiger partial charge is 0.340 e. The summed E-state index contributed by atoms with van der Waals surface area (Å²) in [5.41, 5.74) is -1.02. The van der Waals surface area contributed by atoms with Crippen molar-refractivity contribution in [3.63, 3.8) is 0 Å². The molecule has 0 bridgehead atoms. The van der Waals surface area contributed by atoms with Gasteiger partial charge in [0.05, 0.1) is 0 Å². The maximum Gasteiger partial charge on any atom is 0.340 e. The van der Waals surface area contributed by atoms with Crippen LogP contribution in [0.3, 0.4) is 0 Å². The zero-order valence-corrected chi connectivity index (χ0v) is 16.1. The van der Waals surface area contributed by atoms with Gasteiger partial charge in [-0.2, -0.15) is 0 Å². The zero-order valence-electron chi connectivity index (χ0n) is 16.1. The van der Waals surface area contributed by atoms with Gasteiger partial charge in [-0.3, -0.25) is 0 Å². The summed E-state index contributed by atoms with van der Waals surface area (Å²) in [4.78, 5) is 11.3. The second-order valence-corrected chi connectivity index (χ2v) is 7.48. The molecule has 1 unspecified atom stereocenters. The third-order valence-electron chi connectivity index (χ3n) is 5.28. The highest BCUT2D eigenvalue weighted by atomic mass is 16.4. The summed E-state index contributed by atoms with van der Waals surface area (Å²) >= 11 is 0. The van der Waals surface area contributed by atoms with Crippen LogP contribution in [-0.4, -0.2) is 21.8 Å². The Labute approximate surface area is 154 Å². The SMILES string of the molecule is CCCCCCCCCCCCCCCC1=CC=CCC1(O)C(=O)O. The van der Waals surface area contributed by atoms with E-state index in [2.05, 4.69) is 6.92 Å². The number of unbranched alkanes of at least 4 members (excludes halogenated alkanes) is 12. The standard InChI is InChI=1S/C22H38O3/c1-2-3-4-5-6-7-8-9-10-11-12-13-14-17-20-18-15-16-19-22(20,25)21(23)24/h15-16,18,25H,2-14,17,19H2,1H3,(H,23,24). The molecule has 1 atom stereocenters.